The molecule has 0 radical (unpaired) electrons. The molecule has 100 valence electrons. The maximum Gasteiger partial charge on any atom is 0.303 e. The second-order valence-corrected chi connectivity index (χ2v) is 4.95. The van der Waals surface area contributed by atoms with E-state index in [-0.39, 0.29) is 18.7 Å². The molecule has 5 N–H and O–H groups in total. The molecule has 6 nitrogen and oxygen atoms in total. The lowest BCUT2D eigenvalue weighted by molar-refractivity contribution is -0.136. The number of hydrogen-bond donors (Lipinski definition) is 3. The van der Waals surface area contributed by atoms with Gasteiger partial charge in [-0.1, -0.05) is 22.0 Å². The molecule has 0 aliphatic rings. The first-order chi connectivity index (χ1) is 8.99. The van der Waals surface area contributed by atoms with Crippen molar-refractivity contribution in [2.75, 3.05) is 11.5 Å². The molecule has 1 heterocycles. The predicted octanol–water partition coefficient (Wildman–Crippen LogP) is 1.82. The number of rotatable bonds is 4. The fourth-order valence-electron chi connectivity index (χ4n) is 1.77. The second kappa shape index (κ2) is 5.31. The van der Waals surface area contributed by atoms with Crippen molar-refractivity contribution in [2.24, 2.45) is 0 Å². The maximum atomic E-state index is 10.6. The smallest absolute Gasteiger partial charge is 0.303 e. The van der Waals surface area contributed by atoms with Crippen LogP contribution < -0.4 is 11.5 Å². The van der Waals surface area contributed by atoms with E-state index in [4.69, 9.17) is 16.6 Å². The Hall–Kier alpha value is -2.02. The van der Waals surface area contributed by atoms with E-state index in [9.17, 15) is 4.79 Å². The Morgan fingerprint density at radius 2 is 2.16 bits per heavy atom. The number of hydrogen-bond acceptors (Lipinski definition) is 4. The normalized spacial score (nSPS) is 10.6. The minimum absolute atomic E-state index is 0.0292. The van der Waals surface area contributed by atoms with E-state index < -0.39 is 5.97 Å². The molecule has 7 heteroatoms. The van der Waals surface area contributed by atoms with Crippen molar-refractivity contribution >= 4 is 33.5 Å². The molecule has 0 spiro atoms. The van der Waals surface area contributed by atoms with Crippen LogP contribution in [0.1, 0.15) is 12.0 Å². The SMILES string of the molecule is Nc1nn(-c2cccc(Br)c2)c(N)c1CCC(=O)O. The van der Waals surface area contributed by atoms with Gasteiger partial charge in [-0.3, -0.25) is 4.79 Å². The Morgan fingerprint density at radius 3 is 2.79 bits per heavy atom. The third-order valence-electron chi connectivity index (χ3n) is 2.70. The third kappa shape index (κ3) is 2.87. The number of carboxylic acids is 1. The van der Waals surface area contributed by atoms with Crippen LogP contribution in [0, 0.1) is 0 Å². The first-order valence-corrected chi connectivity index (χ1v) is 6.39. The van der Waals surface area contributed by atoms with Gasteiger partial charge in [0.1, 0.15) is 5.82 Å². The van der Waals surface area contributed by atoms with Crippen LogP contribution in [0.4, 0.5) is 11.6 Å². The van der Waals surface area contributed by atoms with Crippen LogP contribution in [-0.4, -0.2) is 20.9 Å². The van der Waals surface area contributed by atoms with Crippen LogP contribution in [0.3, 0.4) is 0 Å². The summed E-state index contributed by atoms with van der Waals surface area (Å²) >= 11 is 3.37. The van der Waals surface area contributed by atoms with Crippen molar-refractivity contribution in [3.05, 3.63) is 34.3 Å². The zero-order valence-electron chi connectivity index (χ0n) is 10.0. The van der Waals surface area contributed by atoms with E-state index in [0.717, 1.165) is 10.2 Å². The van der Waals surface area contributed by atoms with Crippen molar-refractivity contribution in [3.63, 3.8) is 0 Å². The number of aliphatic carboxylic acids is 1. The van der Waals surface area contributed by atoms with E-state index in [2.05, 4.69) is 21.0 Å². The number of benzene rings is 1. The quantitative estimate of drug-likeness (QED) is 0.795. The zero-order chi connectivity index (χ0) is 14.0. The number of nitrogen functional groups attached to an aromatic ring is 2. The van der Waals surface area contributed by atoms with Crippen LogP contribution in [-0.2, 0) is 11.2 Å². The molecule has 0 bridgehead atoms. The summed E-state index contributed by atoms with van der Waals surface area (Å²) in [5, 5.41) is 12.9. The number of aromatic nitrogens is 2. The van der Waals surface area contributed by atoms with Crippen molar-refractivity contribution in [1.82, 2.24) is 9.78 Å². The van der Waals surface area contributed by atoms with E-state index in [0.29, 0.717) is 11.4 Å². The first kappa shape index (κ1) is 13.4. The predicted molar refractivity (Wildman–Crippen MR) is 76.0 cm³/mol. The van der Waals surface area contributed by atoms with Gasteiger partial charge in [0.25, 0.3) is 0 Å². The van der Waals surface area contributed by atoms with Gasteiger partial charge in [0.2, 0.25) is 0 Å². The van der Waals surface area contributed by atoms with Gasteiger partial charge in [0.15, 0.2) is 5.82 Å². The van der Waals surface area contributed by atoms with Gasteiger partial charge < -0.3 is 16.6 Å². The number of halogens is 1. The molecule has 0 fully saturated rings. The van der Waals surface area contributed by atoms with Gasteiger partial charge in [0.05, 0.1) is 5.69 Å². The molecule has 0 aliphatic heterocycles. The van der Waals surface area contributed by atoms with Crippen LogP contribution in [0.2, 0.25) is 0 Å². The van der Waals surface area contributed by atoms with Crippen LogP contribution in [0.5, 0.6) is 0 Å². The summed E-state index contributed by atoms with van der Waals surface area (Å²) in [6.07, 6.45) is 0.236. The van der Waals surface area contributed by atoms with E-state index in [1.54, 1.807) is 0 Å². The Labute approximate surface area is 118 Å². The molecule has 0 unspecified atom stereocenters. The number of nitrogens with zero attached hydrogens (tertiary/aromatic N) is 2. The second-order valence-electron chi connectivity index (χ2n) is 4.03. The number of anilines is 2. The van der Waals surface area contributed by atoms with Crippen LogP contribution in [0.25, 0.3) is 5.69 Å². The number of nitrogens with two attached hydrogens (primary N) is 2. The molecule has 1 aromatic heterocycles. The average Bonchev–Trinajstić information content (AvgIpc) is 2.62. The fourth-order valence-corrected chi connectivity index (χ4v) is 2.16. The molecule has 0 atom stereocenters. The summed E-state index contributed by atoms with van der Waals surface area (Å²) in [5.41, 5.74) is 13.1. The monoisotopic (exact) mass is 324 g/mol. The molecule has 19 heavy (non-hydrogen) atoms. The zero-order valence-corrected chi connectivity index (χ0v) is 11.6. The van der Waals surface area contributed by atoms with E-state index in [1.165, 1.54) is 4.68 Å². The molecule has 0 saturated heterocycles. The molecule has 1 aromatic carbocycles. The highest BCUT2D eigenvalue weighted by molar-refractivity contribution is 9.10. The lowest BCUT2D eigenvalue weighted by Crippen LogP contribution is -2.04. The summed E-state index contributed by atoms with van der Waals surface area (Å²) in [6.45, 7) is 0. The number of carbonyl (C=O) groups is 1. The van der Waals surface area contributed by atoms with Gasteiger partial charge >= 0.3 is 5.97 Å². The lowest BCUT2D eigenvalue weighted by atomic mass is 10.1. The number of carboxylic acid groups (broad SMARTS) is 1. The third-order valence-corrected chi connectivity index (χ3v) is 3.19. The largest absolute Gasteiger partial charge is 0.481 e. The molecule has 2 aromatic rings. The topological polar surface area (TPSA) is 107 Å². The summed E-state index contributed by atoms with van der Waals surface area (Å²) in [4.78, 5) is 10.6. The van der Waals surface area contributed by atoms with E-state index >= 15 is 0 Å². The Balaban J connectivity index is 2.38. The molecular formula is C12H13BrN4O2. The van der Waals surface area contributed by atoms with Gasteiger partial charge in [-0.2, -0.15) is 0 Å². The summed E-state index contributed by atoms with van der Waals surface area (Å²) in [7, 11) is 0. The molecular weight excluding hydrogens is 312 g/mol. The maximum absolute atomic E-state index is 10.6. The molecule has 0 saturated carbocycles. The van der Waals surface area contributed by atoms with E-state index in [1.807, 2.05) is 24.3 Å². The van der Waals surface area contributed by atoms with Gasteiger partial charge in [-0.15, -0.1) is 5.10 Å². The minimum Gasteiger partial charge on any atom is -0.481 e. The molecule has 0 aliphatic carbocycles. The van der Waals surface area contributed by atoms with Gasteiger partial charge in [-0.25, -0.2) is 4.68 Å². The standard InChI is InChI=1S/C12H13BrN4O2/c13-7-2-1-3-8(6-7)17-12(15)9(11(14)16-17)4-5-10(18)19/h1-3,6H,4-5,15H2,(H2,14,16)(H,18,19). The highest BCUT2D eigenvalue weighted by Crippen LogP contribution is 2.25. The summed E-state index contributed by atoms with van der Waals surface area (Å²) in [5.74, 6) is -0.260. The van der Waals surface area contributed by atoms with Gasteiger partial charge in [0, 0.05) is 16.5 Å². The molecule has 2 rings (SSSR count). The molecule has 0 amide bonds. The minimum atomic E-state index is -0.894. The average molecular weight is 325 g/mol. The van der Waals surface area contributed by atoms with Crippen LogP contribution >= 0.6 is 15.9 Å². The van der Waals surface area contributed by atoms with Gasteiger partial charge in [-0.05, 0) is 24.6 Å². The Kier molecular flexibility index (Phi) is 3.75. The fraction of sp³-hybridized carbons (Fsp3) is 0.167. The highest BCUT2D eigenvalue weighted by Gasteiger charge is 2.15. The Bertz CT molecular complexity index is 624. The summed E-state index contributed by atoms with van der Waals surface area (Å²) < 4.78 is 2.41. The summed E-state index contributed by atoms with van der Waals surface area (Å²) in [6, 6.07) is 7.43. The van der Waals surface area contributed by atoms with Crippen molar-refractivity contribution in [3.8, 4) is 5.69 Å². The van der Waals surface area contributed by atoms with Crippen molar-refractivity contribution < 1.29 is 9.90 Å². The lowest BCUT2D eigenvalue weighted by Gasteiger charge is -2.05. The van der Waals surface area contributed by atoms with Crippen molar-refractivity contribution in [1.29, 1.82) is 0 Å². The first-order valence-electron chi connectivity index (χ1n) is 5.59. The van der Waals surface area contributed by atoms with Crippen LogP contribution in [0.15, 0.2) is 28.7 Å². The van der Waals surface area contributed by atoms with Crippen molar-refractivity contribution in [2.45, 2.75) is 12.8 Å². The Morgan fingerprint density at radius 1 is 1.42 bits per heavy atom. The highest BCUT2D eigenvalue weighted by atomic mass is 79.9.